The first-order valence-corrected chi connectivity index (χ1v) is 6.70. The van der Waals surface area contributed by atoms with Crippen LogP contribution in [0.4, 0.5) is 0 Å². The van der Waals surface area contributed by atoms with Gasteiger partial charge in [-0.3, -0.25) is 9.59 Å². The third kappa shape index (κ3) is 3.98. The van der Waals surface area contributed by atoms with Crippen molar-refractivity contribution in [3.05, 3.63) is 0 Å². The van der Waals surface area contributed by atoms with Gasteiger partial charge in [0.25, 0.3) is 0 Å². The molecule has 1 saturated heterocycles. The van der Waals surface area contributed by atoms with Gasteiger partial charge in [0.05, 0.1) is 6.54 Å². The Bertz CT molecular complexity index is 305. The van der Waals surface area contributed by atoms with Crippen molar-refractivity contribution in [1.82, 2.24) is 15.1 Å². The van der Waals surface area contributed by atoms with E-state index in [2.05, 4.69) is 10.2 Å². The molecule has 0 spiro atoms. The van der Waals surface area contributed by atoms with Crippen molar-refractivity contribution < 1.29 is 9.59 Å². The Labute approximate surface area is 110 Å². The van der Waals surface area contributed by atoms with E-state index in [4.69, 9.17) is 0 Å². The standard InChI is InChI=1S/C13H25N3O2/c1-5-6-11-13(18)16(9-12(17)14-11)10(2)7-8-15(3)4/h10-11H,5-9H2,1-4H3,(H,14,17). The number of nitrogens with one attached hydrogen (secondary N) is 1. The van der Waals surface area contributed by atoms with Crippen molar-refractivity contribution in [1.29, 1.82) is 0 Å². The average molecular weight is 255 g/mol. The van der Waals surface area contributed by atoms with Crippen LogP contribution in [0.1, 0.15) is 33.1 Å². The van der Waals surface area contributed by atoms with Crippen LogP contribution in [-0.4, -0.2) is 60.9 Å². The van der Waals surface area contributed by atoms with Gasteiger partial charge in [-0.1, -0.05) is 13.3 Å². The lowest BCUT2D eigenvalue weighted by Gasteiger charge is -2.36. The Morgan fingerprint density at radius 3 is 2.67 bits per heavy atom. The number of rotatable bonds is 6. The third-order valence-electron chi connectivity index (χ3n) is 3.33. The highest BCUT2D eigenvalue weighted by Gasteiger charge is 2.34. The summed E-state index contributed by atoms with van der Waals surface area (Å²) in [5.74, 6) is 0.0347. The lowest BCUT2D eigenvalue weighted by atomic mass is 10.1. The summed E-state index contributed by atoms with van der Waals surface area (Å²) in [4.78, 5) is 27.7. The normalized spacial score (nSPS) is 22.3. The summed E-state index contributed by atoms with van der Waals surface area (Å²) < 4.78 is 0. The van der Waals surface area contributed by atoms with E-state index in [1.54, 1.807) is 4.90 Å². The molecule has 0 radical (unpaired) electrons. The van der Waals surface area contributed by atoms with E-state index in [1.807, 2.05) is 27.9 Å². The number of carbonyl (C=O) groups is 2. The van der Waals surface area contributed by atoms with Gasteiger partial charge < -0.3 is 15.1 Å². The quantitative estimate of drug-likeness (QED) is 0.750. The van der Waals surface area contributed by atoms with Crippen molar-refractivity contribution in [2.75, 3.05) is 27.2 Å². The Morgan fingerprint density at radius 1 is 1.44 bits per heavy atom. The molecule has 1 aliphatic rings. The summed E-state index contributed by atoms with van der Waals surface area (Å²) in [5, 5.41) is 2.78. The number of amides is 2. The summed E-state index contributed by atoms with van der Waals surface area (Å²) >= 11 is 0. The number of nitrogens with zero attached hydrogens (tertiary/aromatic N) is 2. The summed E-state index contributed by atoms with van der Waals surface area (Å²) in [7, 11) is 4.02. The lowest BCUT2D eigenvalue weighted by Crippen LogP contribution is -2.60. The molecule has 18 heavy (non-hydrogen) atoms. The Balaban J connectivity index is 2.61. The van der Waals surface area contributed by atoms with Gasteiger partial charge in [0.1, 0.15) is 6.04 Å². The predicted octanol–water partition coefficient (Wildman–Crippen LogP) is 0.454. The van der Waals surface area contributed by atoms with Crippen LogP contribution in [0.2, 0.25) is 0 Å². The van der Waals surface area contributed by atoms with Crippen LogP contribution in [0.25, 0.3) is 0 Å². The molecule has 1 heterocycles. The Hall–Kier alpha value is -1.10. The van der Waals surface area contributed by atoms with Gasteiger partial charge in [0, 0.05) is 6.04 Å². The second-order valence-electron chi connectivity index (χ2n) is 5.32. The number of hydrogen-bond donors (Lipinski definition) is 1. The molecule has 2 unspecified atom stereocenters. The molecular weight excluding hydrogens is 230 g/mol. The van der Waals surface area contributed by atoms with Crippen molar-refractivity contribution in [3.8, 4) is 0 Å². The van der Waals surface area contributed by atoms with E-state index in [-0.39, 0.29) is 30.4 Å². The van der Waals surface area contributed by atoms with Gasteiger partial charge in [0.15, 0.2) is 0 Å². The van der Waals surface area contributed by atoms with Crippen LogP contribution in [0.3, 0.4) is 0 Å². The molecule has 0 saturated carbocycles. The van der Waals surface area contributed by atoms with E-state index in [1.165, 1.54) is 0 Å². The van der Waals surface area contributed by atoms with Gasteiger partial charge in [-0.25, -0.2) is 0 Å². The molecule has 1 aliphatic heterocycles. The monoisotopic (exact) mass is 255 g/mol. The zero-order chi connectivity index (χ0) is 13.7. The number of piperazine rings is 1. The lowest BCUT2D eigenvalue weighted by molar-refractivity contribution is -0.146. The largest absolute Gasteiger partial charge is 0.343 e. The highest BCUT2D eigenvalue weighted by Crippen LogP contribution is 2.13. The van der Waals surface area contributed by atoms with E-state index >= 15 is 0 Å². The van der Waals surface area contributed by atoms with Gasteiger partial charge in [-0.05, 0) is 40.4 Å². The van der Waals surface area contributed by atoms with Crippen LogP contribution in [-0.2, 0) is 9.59 Å². The van der Waals surface area contributed by atoms with Gasteiger partial charge >= 0.3 is 0 Å². The Morgan fingerprint density at radius 2 is 2.11 bits per heavy atom. The molecule has 0 aromatic carbocycles. The van der Waals surface area contributed by atoms with Crippen LogP contribution < -0.4 is 5.32 Å². The fourth-order valence-electron chi connectivity index (χ4n) is 2.19. The predicted molar refractivity (Wildman–Crippen MR) is 71.2 cm³/mol. The summed E-state index contributed by atoms with van der Waals surface area (Å²) in [6.45, 7) is 5.16. The average Bonchev–Trinajstić information content (AvgIpc) is 2.30. The maximum Gasteiger partial charge on any atom is 0.245 e. The van der Waals surface area contributed by atoms with E-state index in [9.17, 15) is 9.59 Å². The van der Waals surface area contributed by atoms with Crippen molar-refractivity contribution in [3.63, 3.8) is 0 Å². The third-order valence-corrected chi connectivity index (χ3v) is 3.33. The molecule has 1 N–H and O–H groups in total. The first-order chi connectivity index (χ1) is 8.45. The van der Waals surface area contributed by atoms with E-state index in [0.717, 1.165) is 25.8 Å². The summed E-state index contributed by atoms with van der Waals surface area (Å²) in [5.41, 5.74) is 0. The topological polar surface area (TPSA) is 52.7 Å². The van der Waals surface area contributed by atoms with Crippen LogP contribution in [0.5, 0.6) is 0 Å². The van der Waals surface area contributed by atoms with Crippen molar-refractivity contribution >= 4 is 11.8 Å². The van der Waals surface area contributed by atoms with Crippen LogP contribution in [0.15, 0.2) is 0 Å². The molecule has 0 aromatic heterocycles. The van der Waals surface area contributed by atoms with Crippen LogP contribution >= 0.6 is 0 Å². The first-order valence-electron chi connectivity index (χ1n) is 6.70. The molecule has 0 aliphatic carbocycles. The van der Waals surface area contributed by atoms with Gasteiger partial charge in [0.2, 0.25) is 11.8 Å². The molecule has 5 heteroatoms. The van der Waals surface area contributed by atoms with Crippen LogP contribution in [0, 0.1) is 0 Å². The van der Waals surface area contributed by atoms with Gasteiger partial charge in [-0.2, -0.15) is 0 Å². The minimum Gasteiger partial charge on any atom is -0.343 e. The molecule has 0 aromatic rings. The molecule has 1 rings (SSSR count). The zero-order valence-electron chi connectivity index (χ0n) is 11.9. The maximum atomic E-state index is 12.2. The SMILES string of the molecule is CCCC1NC(=O)CN(C(C)CCN(C)C)C1=O. The fraction of sp³-hybridized carbons (Fsp3) is 0.846. The first kappa shape index (κ1) is 15.0. The molecule has 2 amide bonds. The highest BCUT2D eigenvalue weighted by molar-refractivity contribution is 5.94. The molecule has 5 nitrogen and oxygen atoms in total. The van der Waals surface area contributed by atoms with Crippen molar-refractivity contribution in [2.45, 2.75) is 45.2 Å². The van der Waals surface area contributed by atoms with E-state index < -0.39 is 0 Å². The smallest absolute Gasteiger partial charge is 0.245 e. The summed E-state index contributed by atoms with van der Waals surface area (Å²) in [6.07, 6.45) is 2.52. The minimum absolute atomic E-state index is 0.0373. The molecule has 1 fully saturated rings. The maximum absolute atomic E-state index is 12.2. The zero-order valence-corrected chi connectivity index (χ0v) is 11.9. The number of carbonyl (C=O) groups excluding carboxylic acids is 2. The molecule has 104 valence electrons. The minimum atomic E-state index is -0.321. The highest BCUT2D eigenvalue weighted by atomic mass is 16.2. The number of hydrogen-bond acceptors (Lipinski definition) is 3. The molecular formula is C13H25N3O2. The van der Waals surface area contributed by atoms with E-state index in [0.29, 0.717) is 0 Å². The van der Waals surface area contributed by atoms with Gasteiger partial charge in [-0.15, -0.1) is 0 Å². The Kier molecular flexibility index (Phi) is 5.59. The molecule has 0 bridgehead atoms. The molecule has 2 atom stereocenters. The summed E-state index contributed by atoms with van der Waals surface area (Å²) in [6, 6.07) is -0.205. The second-order valence-corrected chi connectivity index (χ2v) is 5.32. The fourth-order valence-corrected chi connectivity index (χ4v) is 2.19. The van der Waals surface area contributed by atoms with Crippen molar-refractivity contribution in [2.24, 2.45) is 0 Å². The second kappa shape index (κ2) is 6.73.